The molecule has 23 heavy (non-hydrogen) atoms. The largest absolute Gasteiger partial charge is 0.497 e. The maximum Gasteiger partial charge on any atom is 0.160 e. The molecular weight excluding hydrogens is 290 g/mol. The number of hydrogen-bond donors (Lipinski definition) is 1. The molecule has 0 atom stereocenters. The number of hydrogen-bond acceptors (Lipinski definition) is 4. The fourth-order valence-corrected chi connectivity index (χ4v) is 2.46. The highest BCUT2D eigenvalue weighted by Crippen LogP contribution is 2.25. The molecule has 0 saturated heterocycles. The lowest BCUT2D eigenvalue weighted by Gasteiger charge is -2.08. The van der Waals surface area contributed by atoms with Crippen molar-refractivity contribution in [2.45, 2.75) is 19.3 Å². The van der Waals surface area contributed by atoms with Gasteiger partial charge < -0.3 is 14.8 Å². The van der Waals surface area contributed by atoms with Gasteiger partial charge in [0, 0.05) is 23.9 Å². The highest BCUT2D eigenvalue weighted by molar-refractivity contribution is 5.97. The summed E-state index contributed by atoms with van der Waals surface area (Å²) in [5.41, 5.74) is 1.81. The molecule has 0 aliphatic heterocycles. The van der Waals surface area contributed by atoms with Crippen molar-refractivity contribution >= 4 is 11.5 Å². The monoisotopic (exact) mass is 309 g/mol. The van der Waals surface area contributed by atoms with E-state index in [-0.39, 0.29) is 5.78 Å². The van der Waals surface area contributed by atoms with E-state index < -0.39 is 0 Å². The quantitative estimate of drug-likeness (QED) is 0.824. The van der Waals surface area contributed by atoms with Crippen molar-refractivity contribution in [3.8, 4) is 17.2 Å². The molecule has 0 bridgehead atoms. The molecule has 4 heteroatoms. The molecular formula is C19H19NO3. The van der Waals surface area contributed by atoms with Crippen molar-refractivity contribution in [1.82, 2.24) is 0 Å². The molecule has 0 heterocycles. The summed E-state index contributed by atoms with van der Waals surface area (Å²) in [6, 6.07) is 15.1. The first-order valence-electron chi connectivity index (χ1n) is 7.65. The zero-order valence-corrected chi connectivity index (χ0v) is 13.0. The number of rotatable bonds is 5. The van der Waals surface area contributed by atoms with Crippen LogP contribution in [-0.2, 0) is 4.79 Å². The van der Waals surface area contributed by atoms with E-state index in [2.05, 4.69) is 5.32 Å². The molecule has 2 aromatic carbocycles. The Bertz CT molecular complexity index is 702. The molecule has 1 fully saturated rings. The molecule has 4 nitrogen and oxygen atoms in total. The Morgan fingerprint density at radius 2 is 1.52 bits per heavy atom. The highest BCUT2D eigenvalue weighted by Gasteiger charge is 2.16. The van der Waals surface area contributed by atoms with Gasteiger partial charge in [-0.1, -0.05) is 0 Å². The number of carbonyl (C=O) groups excluding carboxylic acids is 1. The van der Waals surface area contributed by atoms with Crippen LogP contribution in [0.1, 0.15) is 19.3 Å². The van der Waals surface area contributed by atoms with E-state index in [1.54, 1.807) is 7.11 Å². The molecule has 0 radical (unpaired) electrons. The fourth-order valence-electron chi connectivity index (χ4n) is 2.46. The first-order valence-corrected chi connectivity index (χ1v) is 7.65. The second kappa shape index (κ2) is 7.01. The third-order valence-corrected chi connectivity index (χ3v) is 3.77. The van der Waals surface area contributed by atoms with E-state index in [1.165, 1.54) is 0 Å². The van der Waals surface area contributed by atoms with Crippen LogP contribution in [0, 0.1) is 0 Å². The number of nitrogens with one attached hydrogen (secondary N) is 1. The number of Topliss-reactive ketones (excluding diaryl/α,β-unsaturated/α-hetero) is 1. The Morgan fingerprint density at radius 1 is 0.913 bits per heavy atom. The molecule has 1 aliphatic carbocycles. The molecule has 0 unspecified atom stereocenters. The molecule has 3 rings (SSSR count). The van der Waals surface area contributed by atoms with Crippen LogP contribution in [0.2, 0.25) is 0 Å². The lowest BCUT2D eigenvalue weighted by molar-refractivity contribution is -0.114. The average Bonchev–Trinajstić information content (AvgIpc) is 3.00. The zero-order valence-electron chi connectivity index (χ0n) is 13.0. The van der Waals surface area contributed by atoms with Crippen molar-refractivity contribution in [1.29, 1.82) is 0 Å². The van der Waals surface area contributed by atoms with Crippen LogP contribution in [0.4, 0.5) is 5.69 Å². The number of ketones is 1. The van der Waals surface area contributed by atoms with Gasteiger partial charge >= 0.3 is 0 Å². The number of anilines is 1. The minimum Gasteiger partial charge on any atom is -0.497 e. The number of carbonyl (C=O) groups is 1. The Labute approximate surface area is 135 Å². The lowest BCUT2D eigenvalue weighted by atomic mass is 10.2. The SMILES string of the molecule is COc1ccc(Oc2ccc(NC=C3CCCC3=O)cc2)cc1. The normalized spacial score (nSPS) is 15.7. The summed E-state index contributed by atoms with van der Waals surface area (Å²) in [6.07, 6.45) is 4.31. The van der Waals surface area contributed by atoms with Crippen molar-refractivity contribution in [2.24, 2.45) is 0 Å². The molecule has 1 N–H and O–H groups in total. The van der Waals surface area contributed by atoms with E-state index >= 15 is 0 Å². The van der Waals surface area contributed by atoms with Crippen LogP contribution < -0.4 is 14.8 Å². The predicted molar refractivity (Wildman–Crippen MR) is 90.1 cm³/mol. The van der Waals surface area contributed by atoms with Crippen LogP contribution in [0.25, 0.3) is 0 Å². The Balaban J connectivity index is 1.61. The number of allylic oxidation sites excluding steroid dienone is 1. The van der Waals surface area contributed by atoms with Gasteiger partial charge in [-0.2, -0.15) is 0 Å². The minimum absolute atomic E-state index is 0.247. The van der Waals surface area contributed by atoms with Gasteiger partial charge in [-0.3, -0.25) is 4.79 Å². The molecule has 1 saturated carbocycles. The summed E-state index contributed by atoms with van der Waals surface area (Å²) < 4.78 is 10.9. The molecule has 118 valence electrons. The maximum absolute atomic E-state index is 11.6. The maximum atomic E-state index is 11.6. The third kappa shape index (κ3) is 3.92. The van der Waals surface area contributed by atoms with E-state index in [1.807, 2.05) is 54.7 Å². The summed E-state index contributed by atoms with van der Waals surface area (Å²) in [6.45, 7) is 0. The summed E-state index contributed by atoms with van der Waals surface area (Å²) in [5.74, 6) is 2.55. The van der Waals surface area contributed by atoms with Crippen molar-refractivity contribution in [2.75, 3.05) is 12.4 Å². The topological polar surface area (TPSA) is 47.6 Å². The van der Waals surface area contributed by atoms with Crippen LogP contribution >= 0.6 is 0 Å². The summed E-state index contributed by atoms with van der Waals surface area (Å²) in [4.78, 5) is 11.6. The van der Waals surface area contributed by atoms with Crippen LogP contribution in [0.5, 0.6) is 17.2 Å². The number of methoxy groups -OCH3 is 1. The Hall–Kier alpha value is -2.75. The minimum atomic E-state index is 0.247. The molecule has 0 aromatic heterocycles. The van der Waals surface area contributed by atoms with Gasteiger partial charge in [-0.25, -0.2) is 0 Å². The number of ether oxygens (including phenoxy) is 2. The summed E-state index contributed by atoms with van der Waals surface area (Å²) in [5, 5.41) is 3.17. The lowest BCUT2D eigenvalue weighted by Crippen LogP contribution is -1.96. The van der Waals surface area contributed by atoms with Crippen molar-refractivity contribution in [3.63, 3.8) is 0 Å². The zero-order chi connectivity index (χ0) is 16.1. The molecule has 0 amide bonds. The van der Waals surface area contributed by atoms with Gasteiger partial charge in [-0.05, 0) is 61.4 Å². The second-order valence-corrected chi connectivity index (χ2v) is 5.39. The van der Waals surface area contributed by atoms with Crippen LogP contribution in [-0.4, -0.2) is 12.9 Å². The van der Waals surface area contributed by atoms with Crippen molar-refractivity contribution < 1.29 is 14.3 Å². The first-order chi connectivity index (χ1) is 11.2. The second-order valence-electron chi connectivity index (χ2n) is 5.39. The average molecular weight is 309 g/mol. The van der Waals surface area contributed by atoms with E-state index in [0.29, 0.717) is 6.42 Å². The molecule has 0 spiro atoms. The first kappa shape index (κ1) is 15.2. The molecule has 1 aliphatic rings. The smallest absolute Gasteiger partial charge is 0.160 e. The van der Waals surface area contributed by atoms with Gasteiger partial charge in [0.15, 0.2) is 5.78 Å². The third-order valence-electron chi connectivity index (χ3n) is 3.77. The fraction of sp³-hybridized carbons (Fsp3) is 0.211. The highest BCUT2D eigenvalue weighted by atomic mass is 16.5. The Morgan fingerprint density at radius 3 is 2.09 bits per heavy atom. The van der Waals surface area contributed by atoms with Gasteiger partial charge in [-0.15, -0.1) is 0 Å². The molecule has 2 aromatic rings. The predicted octanol–water partition coefficient (Wildman–Crippen LogP) is 4.54. The summed E-state index contributed by atoms with van der Waals surface area (Å²) in [7, 11) is 1.63. The standard InChI is InChI=1S/C19H19NO3/c1-22-16-9-11-18(12-10-16)23-17-7-5-15(6-8-17)20-13-14-3-2-4-19(14)21/h5-13,20H,2-4H2,1H3. The van der Waals surface area contributed by atoms with Gasteiger partial charge in [0.25, 0.3) is 0 Å². The van der Waals surface area contributed by atoms with E-state index in [0.717, 1.165) is 41.4 Å². The van der Waals surface area contributed by atoms with Gasteiger partial charge in [0.2, 0.25) is 0 Å². The summed E-state index contributed by atoms with van der Waals surface area (Å²) >= 11 is 0. The van der Waals surface area contributed by atoms with Gasteiger partial charge in [0.05, 0.1) is 7.11 Å². The van der Waals surface area contributed by atoms with Crippen LogP contribution in [0.3, 0.4) is 0 Å². The Kier molecular flexibility index (Phi) is 4.62. The van der Waals surface area contributed by atoms with Gasteiger partial charge in [0.1, 0.15) is 17.2 Å². The van der Waals surface area contributed by atoms with E-state index in [9.17, 15) is 4.79 Å². The van der Waals surface area contributed by atoms with E-state index in [4.69, 9.17) is 9.47 Å². The number of benzene rings is 2. The van der Waals surface area contributed by atoms with Crippen LogP contribution in [0.15, 0.2) is 60.3 Å². The van der Waals surface area contributed by atoms with Crippen molar-refractivity contribution in [3.05, 3.63) is 60.3 Å².